The van der Waals surface area contributed by atoms with Crippen molar-refractivity contribution in [1.82, 2.24) is 4.98 Å². The van der Waals surface area contributed by atoms with Crippen LogP contribution >= 0.6 is 0 Å². The molecule has 0 unspecified atom stereocenters. The number of carboxylic acids is 1. The van der Waals surface area contributed by atoms with Gasteiger partial charge in [-0.2, -0.15) is 0 Å². The third-order valence-corrected chi connectivity index (χ3v) is 2.42. The molecule has 1 fully saturated rings. The van der Waals surface area contributed by atoms with E-state index in [1.165, 1.54) is 12.3 Å². The summed E-state index contributed by atoms with van der Waals surface area (Å²) >= 11 is 0. The lowest BCUT2D eigenvalue weighted by atomic mass is 9.98. The average molecular weight is 181 g/mol. The fourth-order valence-electron chi connectivity index (χ4n) is 1.42. The summed E-state index contributed by atoms with van der Waals surface area (Å²) in [5.41, 5.74) is -0.380. The lowest BCUT2D eigenvalue weighted by Crippen LogP contribution is -2.19. The van der Waals surface area contributed by atoms with Gasteiger partial charge >= 0.3 is 5.97 Å². The number of aromatic nitrogens is 1. The van der Waals surface area contributed by atoms with E-state index >= 15 is 0 Å². The van der Waals surface area contributed by atoms with Gasteiger partial charge in [-0.3, -0.25) is 9.78 Å². The molecule has 0 aromatic carbocycles. The molecule has 0 bridgehead atoms. The summed E-state index contributed by atoms with van der Waals surface area (Å²) in [6.07, 6.45) is 3.65. The van der Waals surface area contributed by atoms with E-state index in [-0.39, 0.29) is 0 Å². The lowest BCUT2D eigenvalue weighted by molar-refractivity contribution is -0.140. The Hall–Kier alpha value is -1.45. The van der Waals surface area contributed by atoms with Gasteiger partial charge in [0.05, 0.1) is 11.6 Å². The van der Waals surface area contributed by atoms with Crippen molar-refractivity contribution >= 4 is 5.97 Å². The van der Waals surface area contributed by atoms with Crippen LogP contribution in [0.4, 0.5) is 4.39 Å². The number of carbonyl (C=O) groups is 1. The van der Waals surface area contributed by atoms with Crippen LogP contribution in [0.2, 0.25) is 0 Å². The Morgan fingerprint density at radius 1 is 1.54 bits per heavy atom. The van der Waals surface area contributed by atoms with Crippen LogP contribution in [0.25, 0.3) is 0 Å². The van der Waals surface area contributed by atoms with Crippen molar-refractivity contribution in [2.75, 3.05) is 0 Å². The third-order valence-electron chi connectivity index (χ3n) is 2.42. The predicted molar refractivity (Wildman–Crippen MR) is 42.7 cm³/mol. The molecule has 4 heteroatoms. The van der Waals surface area contributed by atoms with Gasteiger partial charge in [-0.25, -0.2) is 4.39 Å². The molecular weight excluding hydrogens is 173 g/mol. The Morgan fingerprint density at radius 3 is 2.69 bits per heavy atom. The van der Waals surface area contributed by atoms with Gasteiger partial charge in [-0.1, -0.05) is 0 Å². The Balaban J connectivity index is 2.41. The van der Waals surface area contributed by atoms with Crippen molar-refractivity contribution in [2.45, 2.75) is 18.3 Å². The molecule has 0 atom stereocenters. The van der Waals surface area contributed by atoms with Crippen LogP contribution in [0, 0.1) is 5.82 Å². The van der Waals surface area contributed by atoms with E-state index in [4.69, 9.17) is 5.11 Å². The van der Waals surface area contributed by atoms with Crippen molar-refractivity contribution in [3.05, 3.63) is 29.8 Å². The average Bonchev–Trinajstić information content (AvgIpc) is 2.83. The molecule has 1 aliphatic carbocycles. The molecule has 0 saturated heterocycles. The summed E-state index contributed by atoms with van der Waals surface area (Å²) in [6.45, 7) is 0. The smallest absolute Gasteiger partial charge is 0.314 e. The topological polar surface area (TPSA) is 50.2 Å². The van der Waals surface area contributed by atoms with E-state index in [0.29, 0.717) is 18.4 Å². The van der Waals surface area contributed by atoms with Crippen LogP contribution in [0.1, 0.15) is 18.4 Å². The maximum atomic E-state index is 12.7. The molecule has 0 amide bonds. The maximum absolute atomic E-state index is 12.7. The number of carboxylic acid groups (broad SMARTS) is 1. The molecule has 1 aromatic heterocycles. The van der Waals surface area contributed by atoms with Crippen LogP contribution in [0.3, 0.4) is 0 Å². The van der Waals surface area contributed by atoms with Crippen molar-refractivity contribution < 1.29 is 14.3 Å². The molecule has 68 valence electrons. The van der Waals surface area contributed by atoms with E-state index in [0.717, 1.165) is 6.20 Å². The number of aliphatic carboxylic acids is 1. The second-order valence-corrected chi connectivity index (χ2v) is 3.28. The Kier molecular flexibility index (Phi) is 1.58. The highest BCUT2D eigenvalue weighted by atomic mass is 19.1. The van der Waals surface area contributed by atoms with Gasteiger partial charge in [0, 0.05) is 6.20 Å². The van der Waals surface area contributed by atoms with Gasteiger partial charge in [0.15, 0.2) is 0 Å². The maximum Gasteiger partial charge on any atom is 0.314 e. The second-order valence-electron chi connectivity index (χ2n) is 3.28. The largest absolute Gasteiger partial charge is 0.481 e. The fraction of sp³-hybridized carbons (Fsp3) is 0.333. The zero-order valence-corrected chi connectivity index (χ0v) is 6.83. The van der Waals surface area contributed by atoms with Gasteiger partial charge in [0.25, 0.3) is 0 Å². The van der Waals surface area contributed by atoms with Crippen molar-refractivity contribution in [3.8, 4) is 0 Å². The van der Waals surface area contributed by atoms with Crippen LogP contribution in [-0.2, 0) is 10.2 Å². The molecule has 1 saturated carbocycles. The van der Waals surface area contributed by atoms with Crippen LogP contribution in [-0.4, -0.2) is 16.1 Å². The molecular formula is C9H8FNO2. The molecule has 0 spiro atoms. The quantitative estimate of drug-likeness (QED) is 0.748. The normalized spacial score (nSPS) is 18.2. The second kappa shape index (κ2) is 2.52. The minimum atomic E-state index is -0.889. The highest BCUT2D eigenvalue weighted by molar-refractivity contribution is 5.84. The zero-order chi connectivity index (χ0) is 9.47. The molecule has 1 aliphatic rings. The summed E-state index contributed by atoms with van der Waals surface area (Å²) in [5.74, 6) is -1.37. The predicted octanol–water partition coefficient (Wildman–Crippen LogP) is 1.34. The molecule has 2 rings (SSSR count). The summed E-state index contributed by atoms with van der Waals surface area (Å²) in [7, 11) is 0. The Bertz CT molecular complexity index is 360. The minimum Gasteiger partial charge on any atom is -0.481 e. The van der Waals surface area contributed by atoms with E-state index in [2.05, 4.69) is 4.98 Å². The van der Waals surface area contributed by atoms with Crippen LogP contribution in [0.5, 0.6) is 0 Å². The first-order valence-electron chi connectivity index (χ1n) is 3.99. The van der Waals surface area contributed by atoms with E-state index in [1.54, 1.807) is 0 Å². The molecule has 0 aliphatic heterocycles. The zero-order valence-electron chi connectivity index (χ0n) is 6.83. The van der Waals surface area contributed by atoms with Crippen molar-refractivity contribution in [1.29, 1.82) is 0 Å². The highest BCUT2D eigenvalue weighted by Crippen LogP contribution is 2.48. The number of hydrogen-bond acceptors (Lipinski definition) is 2. The number of halogens is 1. The molecule has 13 heavy (non-hydrogen) atoms. The SMILES string of the molecule is O=C(O)C1(c2cncc(F)c2)CC1. The van der Waals surface area contributed by atoms with Crippen LogP contribution < -0.4 is 0 Å². The highest BCUT2D eigenvalue weighted by Gasteiger charge is 2.52. The molecule has 1 N–H and O–H groups in total. The summed E-state index contributed by atoms with van der Waals surface area (Å²) in [4.78, 5) is 14.5. The Labute approximate surface area is 74.2 Å². The first kappa shape index (κ1) is 8.16. The monoisotopic (exact) mass is 181 g/mol. The van der Waals surface area contributed by atoms with Crippen LogP contribution in [0.15, 0.2) is 18.5 Å². The summed E-state index contributed by atoms with van der Waals surface area (Å²) in [6, 6.07) is 1.24. The van der Waals surface area contributed by atoms with Crippen molar-refractivity contribution in [2.24, 2.45) is 0 Å². The van der Waals surface area contributed by atoms with Gasteiger partial charge in [-0.15, -0.1) is 0 Å². The van der Waals surface area contributed by atoms with Gasteiger partial charge in [0.2, 0.25) is 0 Å². The molecule has 3 nitrogen and oxygen atoms in total. The molecule has 0 radical (unpaired) electrons. The fourth-order valence-corrected chi connectivity index (χ4v) is 1.42. The third kappa shape index (κ3) is 1.18. The number of rotatable bonds is 2. The van der Waals surface area contributed by atoms with E-state index < -0.39 is 17.2 Å². The standard InChI is InChI=1S/C9H8FNO2/c10-7-3-6(4-11-5-7)9(1-2-9)8(12)13/h3-5H,1-2H2,(H,12,13). The van der Waals surface area contributed by atoms with Gasteiger partial charge in [0.1, 0.15) is 5.82 Å². The first-order valence-corrected chi connectivity index (χ1v) is 3.99. The first-order chi connectivity index (χ1) is 6.15. The number of nitrogens with zero attached hydrogens (tertiary/aromatic N) is 1. The Morgan fingerprint density at radius 2 is 2.23 bits per heavy atom. The van der Waals surface area contributed by atoms with Gasteiger partial charge < -0.3 is 5.11 Å². The number of pyridine rings is 1. The number of hydrogen-bond donors (Lipinski definition) is 1. The molecule has 1 aromatic rings. The van der Waals surface area contributed by atoms with Crippen molar-refractivity contribution in [3.63, 3.8) is 0 Å². The summed E-state index contributed by atoms with van der Waals surface area (Å²) in [5, 5.41) is 8.90. The lowest BCUT2D eigenvalue weighted by Gasteiger charge is -2.08. The summed E-state index contributed by atoms with van der Waals surface area (Å²) < 4.78 is 12.7. The minimum absolute atomic E-state index is 0.472. The van der Waals surface area contributed by atoms with E-state index in [1.807, 2.05) is 0 Å². The molecule has 1 heterocycles. The van der Waals surface area contributed by atoms with Gasteiger partial charge in [-0.05, 0) is 24.5 Å². The van der Waals surface area contributed by atoms with E-state index in [9.17, 15) is 9.18 Å².